The van der Waals surface area contributed by atoms with Gasteiger partial charge in [-0.3, -0.25) is 4.98 Å². The molecule has 0 amide bonds. The first-order valence-electron chi connectivity index (χ1n) is 8.76. The van der Waals surface area contributed by atoms with Crippen LogP contribution in [-0.4, -0.2) is 28.4 Å². The lowest BCUT2D eigenvalue weighted by Crippen LogP contribution is -1.96. The van der Waals surface area contributed by atoms with Gasteiger partial charge in [-0.1, -0.05) is 43.7 Å². The van der Waals surface area contributed by atoms with E-state index in [1.165, 1.54) is 11.8 Å². The molecule has 1 aromatic heterocycles. The summed E-state index contributed by atoms with van der Waals surface area (Å²) in [6, 6.07) is 15.7. The van der Waals surface area contributed by atoms with Gasteiger partial charge in [0.15, 0.2) is 0 Å². The number of rotatable bonds is 3. The fraction of sp³-hybridized carbons (Fsp3) is 0.182. The van der Waals surface area contributed by atoms with E-state index >= 15 is 0 Å². The molecule has 0 atom stereocenters. The van der Waals surface area contributed by atoms with E-state index in [4.69, 9.17) is 16.9 Å². The predicted molar refractivity (Wildman–Crippen MR) is 134 cm³/mol. The van der Waals surface area contributed by atoms with Crippen LogP contribution in [0.3, 0.4) is 0 Å². The number of aromatic nitrogens is 1. The van der Waals surface area contributed by atoms with Crippen molar-refractivity contribution in [3.05, 3.63) is 65.9 Å². The SMILES string of the molecule is CC.CS.Cc1cccc(-c2ncc(N)cc2-c2ccc(N)c(C=N)c2)c1.O.O.[HH].[HH]. The molecule has 0 saturated heterocycles. The van der Waals surface area contributed by atoms with Gasteiger partial charge in [0.05, 0.1) is 17.6 Å². The lowest BCUT2D eigenvalue weighted by Gasteiger charge is -2.12. The van der Waals surface area contributed by atoms with Crippen molar-refractivity contribution in [3.63, 3.8) is 0 Å². The molecule has 7 heteroatoms. The summed E-state index contributed by atoms with van der Waals surface area (Å²) < 4.78 is 0. The summed E-state index contributed by atoms with van der Waals surface area (Å²) in [6.45, 7) is 6.05. The van der Waals surface area contributed by atoms with Gasteiger partial charge in [-0.05, 0) is 43.0 Å². The van der Waals surface area contributed by atoms with Crippen molar-refractivity contribution < 1.29 is 13.8 Å². The number of thiol groups is 1. The van der Waals surface area contributed by atoms with Gasteiger partial charge in [-0.25, -0.2) is 0 Å². The Morgan fingerprint density at radius 3 is 2.21 bits per heavy atom. The van der Waals surface area contributed by atoms with Crippen LogP contribution in [0.2, 0.25) is 0 Å². The van der Waals surface area contributed by atoms with Crippen LogP contribution in [-0.2, 0) is 0 Å². The second-order valence-electron chi connectivity index (χ2n) is 5.52. The first kappa shape index (κ1) is 28.3. The van der Waals surface area contributed by atoms with Gasteiger partial charge in [0.2, 0.25) is 0 Å². The second kappa shape index (κ2) is 14.2. The molecule has 3 aromatic rings. The highest BCUT2D eigenvalue weighted by Crippen LogP contribution is 2.33. The number of anilines is 2. The van der Waals surface area contributed by atoms with E-state index in [1.807, 2.05) is 44.2 Å². The molecule has 0 unspecified atom stereocenters. The van der Waals surface area contributed by atoms with Crippen molar-refractivity contribution in [2.24, 2.45) is 0 Å². The van der Waals surface area contributed by atoms with E-state index in [1.54, 1.807) is 18.5 Å². The molecule has 0 aliphatic heterocycles. The number of hydrogen-bond donors (Lipinski definition) is 4. The van der Waals surface area contributed by atoms with Crippen LogP contribution >= 0.6 is 12.6 Å². The van der Waals surface area contributed by atoms with E-state index in [-0.39, 0.29) is 13.8 Å². The maximum Gasteiger partial charge on any atom is 0.0782 e. The van der Waals surface area contributed by atoms with Crippen molar-refractivity contribution in [1.29, 1.82) is 5.41 Å². The highest BCUT2D eigenvalue weighted by molar-refractivity contribution is 7.79. The van der Waals surface area contributed by atoms with Crippen LogP contribution < -0.4 is 11.5 Å². The Morgan fingerprint density at radius 1 is 0.966 bits per heavy atom. The number of hydrogen-bond acceptors (Lipinski definition) is 5. The number of nitrogen functional groups attached to an aromatic ring is 2. The van der Waals surface area contributed by atoms with E-state index < -0.39 is 0 Å². The quantitative estimate of drug-likeness (QED) is 0.284. The Kier molecular flexibility index (Phi) is 13.9. The molecule has 2 aromatic carbocycles. The molecule has 0 fully saturated rings. The molecular weight excluding hydrogens is 384 g/mol. The van der Waals surface area contributed by atoms with Crippen molar-refractivity contribution in [1.82, 2.24) is 4.98 Å². The molecule has 0 radical (unpaired) electrons. The molecule has 0 spiro atoms. The molecule has 162 valence electrons. The average molecular weight is 421 g/mol. The smallest absolute Gasteiger partial charge is 0.0782 e. The molecular formula is C22H36N4O2S. The standard InChI is InChI=1S/C19H18N4.C2H6.CH4S.2H2O.2H2/c1-12-3-2-4-14(7-12)19-17(9-16(21)11-23-19)13-5-6-18(22)15(8-13)10-20;2*1-2;;;;/h2-11,20H,21-22H2,1H3;1-2H3;2H,1H3;2*1H2;2*1H. The molecule has 0 aliphatic carbocycles. The first-order valence-corrected chi connectivity index (χ1v) is 9.65. The fourth-order valence-electron chi connectivity index (χ4n) is 2.59. The molecule has 1 heterocycles. The van der Waals surface area contributed by atoms with Gasteiger partial charge in [-0.15, -0.1) is 0 Å². The largest absolute Gasteiger partial charge is 0.412 e. The Hall–Kier alpha value is -2.87. The normalized spacial score (nSPS) is 8.72. The van der Waals surface area contributed by atoms with Gasteiger partial charge in [0.25, 0.3) is 0 Å². The molecule has 6 nitrogen and oxygen atoms in total. The van der Waals surface area contributed by atoms with Gasteiger partial charge >= 0.3 is 0 Å². The van der Waals surface area contributed by atoms with Crippen molar-refractivity contribution in [3.8, 4) is 22.4 Å². The van der Waals surface area contributed by atoms with Crippen molar-refractivity contribution in [2.45, 2.75) is 20.8 Å². The second-order valence-corrected chi connectivity index (χ2v) is 5.52. The third-order valence-corrected chi connectivity index (χ3v) is 3.75. The number of nitrogens with two attached hydrogens (primary N) is 2. The van der Waals surface area contributed by atoms with E-state index in [0.29, 0.717) is 16.9 Å². The average Bonchev–Trinajstić information content (AvgIpc) is 2.71. The summed E-state index contributed by atoms with van der Waals surface area (Å²) in [5.74, 6) is 0. The van der Waals surface area contributed by atoms with Crippen LogP contribution in [0.5, 0.6) is 0 Å². The lowest BCUT2D eigenvalue weighted by molar-refractivity contribution is 0.823. The number of pyridine rings is 1. The number of nitrogens with one attached hydrogen (secondary N) is 1. The van der Waals surface area contributed by atoms with Crippen LogP contribution in [0, 0.1) is 12.3 Å². The highest BCUT2D eigenvalue weighted by Gasteiger charge is 2.11. The Balaban J connectivity index is -0.000000431. The summed E-state index contributed by atoms with van der Waals surface area (Å²) in [6.07, 6.45) is 4.61. The van der Waals surface area contributed by atoms with Gasteiger partial charge < -0.3 is 27.8 Å². The van der Waals surface area contributed by atoms with Gasteiger partial charge in [0, 0.05) is 31.4 Å². The molecule has 3 rings (SSSR count). The van der Waals surface area contributed by atoms with Crippen molar-refractivity contribution in [2.75, 3.05) is 17.7 Å². The van der Waals surface area contributed by atoms with E-state index in [2.05, 4.69) is 36.7 Å². The fourth-order valence-corrected chi connectivity index (χ4v) is 2.59. The summed E-state index contributed by atoms with van der Waals surface area (Å²) in [5.41, 5.74) is 18.6. The van der Waals surface area contributed by atoms with Crippen LogP contribution in [0.25, 0.3) is 22.4 Å². The summed E-state index contributed by atoms with van der Waals surface area (Å²) in [5, 5.41) is 7.49. The minimum atomic E-state index is 0. The molecule has 9 N–H and O–H groups in total. The maximum atomic E-state index is 7.49. The molecule has 0 saturated carbocycles. The third kappa shape index (κ3) is 7.23. The van der Waals surface area contributed by atoms with E-state index in [9.17, 15) is 0 Å². The minimum absolute atomic E-state index is 0. The van der Waals surface area contributed by atoms with Crippen LogP contribution in [0.4, 0.5) is 11.4 Å². The lowest BCUT2D eigenvalue weighted by atomic mass is 9.96. The third-order valence-electron chi connectivity index (χ3n) is 3.75. The van der Waals surface area contributed by atoms with E-state index in [0.717, 1.165) is 22.4 Å². The monoisotopic (exact) mass is 420 g/mol. The Labute approximate surface area is 181 Å². The molecule has 0 aliphatic rings. The zero-order valence-corrected chi connectivity index (χ0v) is 18.2. The summed E-state index contributed by atoms with van der Waals surface area (Å²) in [4.78, 5) is 4.53. The number of aryl methyl sites for hydroxylation is 1. The Bertz CT molecular complexity index is 912. The van der Waals surface area contributed by atoms with Crippen LogP contribution in [0.1, 0.15) is 27.8 Å². The van der Waals surface area contributed by atoms with Gasteiger partial charge in [0.1, 0.15) is 0 Å². The highest BCUT2D eigenvalue weighted by atomic mass is 32.1. The van der Waals surface area contributed by atoms with Crippen LogP contribution in [0.15, 0.2) is 54.7 Å². The molecule has 29 heavy (non-hydrogen) atoms. The summed E-state index contributed by atoms with van der Waals surface area (Å²) >= 11 is 3.53. The zero-order chi connectivity index (χ0) is 20.4. The first-order chi connectivity index (χ1) is 13.1. The predicted octanol–water partition coefficient (Wildman–Crippen LogP) is 4.30. The van der Waals surface area contributed by atoms with Crippen molar-refractivity contribution >= 4 is 30.2 Å². The zero-order valence-electron chi connectivity index (χ0n) is 17.3. The minimum Gasteiger partial charge on any atom is -0.412 e. The number of nitrogens with zero attached hydrogens (tertiary/aromatic N) is 1. The van der Waals surface area contributed by atoms with Gasteiger partial charge in [-0.2, -0.15) is 12.6 Å². The Morgan fingerprint density at radius 2 is 1.62 bits per heavy atom. The molecule has 0 bridgehead atoms. The topological polar surface area (TPSA) is 152 Å². The summed E-state index contributed by atoms with van der Waals surface area (Å²) in [7, 11) is 0. The number of benzene rings is 2. The maximum absolute atomic E-state index is 7.49.